The number of ether oxygens (including phenoxy) is 1. The third-order valence-electron chi connectivity index (χ3n) is 3.52. The number of halogens is 1. The SMILES string of the molecule is CCOC(=O)[C@H](CC)Sc1ccc2nnc(-c3ccc(Cl)cc3)n2n1. The average Bonchev–Trinajstić information content (AvgIpc) is 3.03. The standard InChI is InChI=1S/C17H17ClN4O2S/c1-3-13(17(23)24-4-2)25-15-10-9-14-19-20-16(22(14)21-15)11-5-7-12(18)8-6-11/h5-10,13H,3-4H2,1-2H3/t13-/m0/s1. The molecule has 3 aromatic rings. The normalized spacial score (nSPS) is 12.3. The summed E-state index contributed by atoms with van der Waals surface area (Å²) in [5.74, 6) is 0.400. The highest BCUT2D eigenvalue weighted by atomic mass is 35.5. The Hall–Kier alpha value is -2.12. The Morgan fingerprint density at radius 1 is 1.20 bits per heavy atom. The van der Waals surface area contributed by atoms with Gasteiger partial charge in [0.25, 0.3) is 0 Å². The summed E-state index contributed by atoms with van der Waals surface area (Å²) >= 11 is 7.32. The number of carbonyl (C=O) groups is 1. The summed E-state index contributed by atoms with van der Waals surface area (Å²) in [6, 6.07) is 11.0. The van der Waals surface area contributed by atoms with Gasteiger partial charge in [0.15, 0.2) is 11.5 Å². The lowest BCUT2D eigenvalue weighted by atomic mass is 10.2. The maximum absolute atomic E-state index is 12.0. The number of hydrogen-bond donors (Lipinski definition) is 0. The van der Waals surface area contributed by atoms with Crippen molar-refractivity contribution >= 4 is 35.0 Å². The van der Waals surface area contributed by atoms with E-state index in [2.05, 4.69) is 15.3 Å². The molecule has 1 atom stereocenters. The van der Waals surface area contributed by atoms with Gasteiger partial charge in [-0.15, -0.1) is 10.2 Å². The molecule has 0 aliphatic carbocycles. The van der Waals surface area contributed by atoms with Crippen LogP contribution in [-0.2, 0) is 9.53 Å². The molecule has 0 saturated heterocycles. The van der Waals surface area contributed by atoms with E-state index in [0.717, 1.165) is 5.56 Å². The highest BCUT2D eigenvalue weighted by molar-refractivity contribution is 8.00. The number of nitrogens with zero attached hydrogens (tertiary/aromatic N) is 4. The van der Waals surface area contributed by atoms with Crippen molar-refractivity contribution in [3.8, 4) is 11.4 Å². The Bertz CT molecular complexity index is 882. The fraction of sp³-hybridized carbons (Fsp3) is 0.294. The van der Waals surface area contributed by atoms with Gasteiger partial charge in [0, 0.05) is 10.6 Å². The van der Waals surface area contributed by atoms with Crippen molar-refractivity contribution in [1.29, 1.82) is 0 Å². The van der Waals surface area contributed by atoms with Gasteiger partial charge in [0.1, 0.15) is 10.3 Å². The van der Waals surface area contributed by atoms with Crippen LogP contribution in [0.25, 0.3) is 17.0 Å². The van der Waals surface area contributed by atoms with Crippen LogP contribution < -0.4 is 0 Å². The largest absolute Gasteiger partial charge is 0.465 e. The van der Waals surface area contributed by atoms with Crippen LogP contribution >= 0.6 is 23.4 Å². The molecule has 0 amide bonds. The number of rotatable bonds is 6. The first-order chi connectivity index (χ1) is 12.1. The summed E-state index contributed by atoms with van der Waals surface area (Å²) in [7, 11) is 0. The van der Waals surface area contributed by atoms with Crippen LogP contribution in [0.4, 0.5) is 0 Å². The monoisotopic (exact) mass is 376 g/mol. The topological polar surface area (TPSA) is 69.4 Å². The van der Waals surface area contributed by atoms with Crippen LogP contribution in [0.1, 0.15) is 20.3 Å². The fourth-order valence-corrected chi connectivity index (χ4v) is 3.32. The van der Waals surface area contributed by atoms with Gasteiger partial charge < -0.3 is 4.74 Å². The molecule has 1 aromatic carbocycles. The minimum atomic E-state index is -0.291. The molecular formula is C17H17ClN4O2S. The molecule has 2 heterocycles. The molecule has 0 unspecified atom stereocenters. The molecule has 0 N–H and O–H groups in total. The van der Waals surface area contributed by atoms with Crippen molar-refractivity contribution < 1.29 is 9.53 Å². The molecule has 0 saturated carbocycles. The van der Waals surface area contributed by atoms with Gasteiger partial charge in [-0.05, 0) is 49.7 Å². The Balaban J connectivity index is 1.92. The van der Waals surface area contributed by atoms with Gasteiger partial charge in [0.05, 0.1) is 6.61 Å². The van der Waals surface area contributed by atoms with Crippen molar-refractivity contribution in [3.63, 3.8) is 0 Å². The molecule has 0 bridgehead atoms. The minimum absolute atomic E-state index is 0.224. The summed E-state index contributed by atoms with van der Waals surface area (Å²) in [5.41, 5.74) is 1.50. The van der Waals surface area contributed by atoms with E-state index in [-0.39, 0.29) is 11.2 Å². The van der Waals surface area contributed by atoms with Crippen LogP contribution in [0.15, 0.2) is 41.4 Å². The lowest BCUT2D eigenvalue weighted by molar-refractivity contribution is -0.142. The van der Waals surface area contributed by atoms with Gasteiger partial charge in [-0.1, -0.05) is 30.3 Å². The van der Waals surface area contributed by atoms with Gasteiger partial charge in [-0.2, -0.15) is 9.61 Å². The molecule has 25 heavy (non-hydrogen) atoms. The summed E-state index contributed by atoms with van der Waals surface area (Å²) in [6.45, 7) is 4.12. The van der Waals surface area contributed by atoms with Crippen molar-refractivity contribution in [2.45, 2.75) is 30.5 Å². The first-order valence-electron chi connectivity index (χ1n) is 7.94. The smallest absolute Gasteiger partial charge is 0.319 e. The molecule has 130 valence electrons. The zero-order chi connectivity index (χ0) is 17.8. The van der Waals surface area contributed by atoms with Crippen LogP contribution in [0.5, 0.6) is 0 Å². The van der Waals surface area contributed by atoms with Crippen molar-refractivity contribution in [3.05, 3.63) is 41.4 Å². The van der Waals surface area contributed by atoms with Gasteiger partial charge in [-0.3, -0.25) is 4.79 Å². The molecule has 3 rings (SSSR count). The zero-order valence-electron chi connectivity index (χ0n) is 13.8. The van der Waals surface area contributed by atoms with Crippen molar-refractivity contribution in [2.24, 2.45) is 0 Å². The third kappa shape index (κ3) is 3.93. The summed E-state index contributed by atoms with van der Waals surface area (Å²) in [4.78, 5) is 12.0. The molecule has 2 aromatic heterocycles. The number of aromatic nitrogens is 4. The fourth-order valence-electron chi connectivity index (χ4n) is 2.29. The van der Waals surface area contributed by atoms with Crippen molar-refractivity contribution in [1.82, 2.24) is 19.8 Å². The second-order valence-corrected chi connectivity index (χ2v) is 6.90. The maximum Gasteiger partial charge on any atom is 0.319 e. The number of thioether (sulfide) groups is 1. The number of carbonyl (C=O) groups excluding carboxylic acids is 1. The molecule has 0 spiro atoms. The molecule has 8 heteroatoms. The second-order valence-electron chi connectivity index (χ2n) is 5.24. The van der Waals surface area contributed by atoms with E-state index in [1.54, 1.807) is 23.6 Å². The number of fused-ring (bicyclic) bond motifs is 1. The van der Waals surface area contributed by atoms with Crippen LogP contribution in [0.3, 0.4) is 0 Å². The summed E-state index contributed by atoms with van der Waals surface area (Å²) in [6.07, 6.45) is 0.662. The quantitative estimate of drug-likeness (QED) is 0.480. The number of benzene rings is 1. The highest BCUT2D eigenvalue weighted by Crippen LogP contribution is 2.26. The average molecular weight is 377 g/mol. The number of hydrogen-bond acceptors (Lipinski definition) is 6. The predicted octanol–water partition coefficient (Wildman–Crippen LogP) is 3.88. The lowest BCUT2D eigenvalue weighted by Crippen LogP contribution is -2.19. The maximum atomic E-state index is 12.0. The Morgan fingerprint density at radius 3 is 2.64 bits per heavy atom. The van der Waals surface area contributed by atoms with E-state index < -0.39 is 0 Å². The molecule has 6 nitrogen and oxygen atoms in total. The van der Waals surface area contributed by atoms with E-state index in [1.807, 2.05) is 31.2 Å². The predicted molar refractivity (Wildman–Crippen MR) is 97.8 cm³/mol. The first kappa shape index (κ1) is 17.7. The first-order valence-corrected chi connectivity index (χ1v) is 9.19. The second kappa shape index (κ2) is 7.84. The lowest BCUT2D eigenvalue weighted by Gasteiger charge is -2.12. The van der Waals surface area contributed by atoms with E-state index in [0.29, 0.717) is 34.5 Å². The highest BCUT2D eigenvalue weighted by Gasteiger charge is 2.20. The molecule has 0 fully saturated rings. The number of esters is 1. The third-order valence-corrected chi connectivity index (χ3v) is 5.05. The molecular weight excluding hydrogens is 360 g/mol. The van der Waals surface area contributed by atoms with Crippen LogP contribution in [0, 0.1) is 0 Å². The van der Waals surface area contributed by atoms with E-state index in [1.165, 1.54) is 11.8 Å². The van der Waals surface area contributed by atoms with Gasteiger partial charge in [0.2, 0.25) is 0 Å². The van der Waals surface area contributed by atoms with Gasteiger partial charge >= 0.3 is 5.97 Å². The summed E-state index contributed by atoms with van der Waals surface area (Å²) < 4.78 is 6.78. The Morgan fingerprint density at radius 2 is 1.96 bits per heavy atom. The van der Waals surface area contributed by atoms with Gasteiger partial charge in [-0.25, -0.2) is 0 Å². The minimum Gasteiger partial charge on any atom is -0.465 e. The van der Waals surface area contributed by atoms with Crippen LogP contribution in [-0.4, -0.2) is 37.6 Å². The van der Waals surface area contributed by atoms with E-state index >= 15 is 0 Å². The molecule has 0 aliphatic heterocycles. The van der Waals surface area contributed by atoms with Crippen molar-refractivity contribution in [2.75, 3.05) is 6.61 Å². The van der Waals surface area contributed by atoms with Crippen LogP contribution in [0.2, 0.25) is 5.02 Å². The Kier molecular flexibility index (Phi) is 5.55. The van der Waals surface area contributed by atoms with E-state index in [9.17, 15) is 4.79 Å². The molecule has 0 aliphatic rings. The Labute approximate surface area is 154 Å². The summed E-state index contributed by atoms with van der Waals surface area (Å²) in [5, 5.41) is 14.0. The zero-order valence-corrected chi connectivity index (χ0v) is 15.4. The molecule has 0 radical (unpaired) electrons. The van der Waals surface area contributed by atoms with E-state index in [4.69, 9.17) is 16.3 Å².